The van der Waals surface area contributed by atoms with Crippen LogP contribution >= 0.6 is 11.8 Å². The van der Waals surface area contributed by atoms with Gasteiger partial charge in [0.05, 0.1) is 14.2 Å². The molecule has 0 fully saturated rings. The third-order valence-electron chi connectivity index (χ3n) is 3.33. The first kappa shape index (κ1) is 17.8. The average Bonchev–Trinajstić information content (AvgIpc) is 3.15. The molecular weight excluding hydrogens is 356 g/mol. The van der Waals surface area contributed by atoms with Crippen molar-refractivity contribution in [3.8, 4) is 28.7 Å². The Balaban J connectivity index is 1.62. The molecule has 26 heavy (non-hydrogen) atoms. The van der Waals surface area contributed by atoms with Crippen molar-refractivity contribution < 1.29 is 23.4 Å². The fraction of sp³-hybridized carbons (Fsp3) is 0.167. The van der Waals surface area contributed by atoms with Gasteiger partial charge in [0, 0.05) is 5.56 Å². The van der Waals surface area contributed by atoms with Gasteiger partial charge in [0.25, 0.3) is 5.22 Å². The zero-order valence-corrected chi connectivity index (χ0v) is 15.0. The summed E-state index contributed by atoms with van der Waals surface area (Å²) in [6, 6.07) is 14.1. The molecule has 2 aromatic carbocycles. The van der Waals surface area contributed by atoms with Crippen molar-refractivity contribution in [1.82, 2.24) is 10.2 Å². The quantitative estimate of drug-likeness (QED) is 0.354. The molecule has 3 aromatic rings. The first-order chi connectivity index (χ1) is 12.7. The second-order valence-electron chi connectivity index (χ2n) is 5.02. The van der Waals surface area contributed by atoms with Crippen LogP contribution in [0.15, 0.2) is 58.2 Å². The van der Waals surface area contributed by atoms with Crippen LogP contribution in [-0.4, -0.2) is 36.1 Å². The fourth-order valence-corrected chi connectivity index (χ4v) is 2.66. The predicted molar refractivity (Wildman–Crippen MR) is 95.6 cm³/mol. The summed E-state index contributed by atoms with van der Waals surface area (Å²) in [6.45, 7) is 0. The molecule has 0 aliphatic heterocycles. The van der Waals surface area contributed by atoms with Gasteiger partial charge < -0.3 is 18.6 Å². The summed E-state index contributed by atoms with van der Waals surface area (Å²) >= 11 is 1.11. The number of thioether (sulfide) groups is 1. The van der Waals surface area contributed by atoms with E-state index in [0.717, 1.165) is 11.8 Å². The number of esters is 1. The SMILES string of the molecule is COc1ccc(-c2nnc(SCC(=O)Oc3ccccc3)o2)cc1OC. The maximum Gasteiger partial charge on any atom is 0.321 e. The van der Waals surface area contributed by atoms with Crippen LogP contribution in [0.5, 0.6) is 17.2 Å². The van der Waals surface area contributed by atoms with E-state index in [-0.39, 0.29) is 11.0 Å². The Morgan fingerprint density at radius 3 is 2.54 bits per heavy atom. The Hall–Kier alpha value is -3.00. The van der Waals surface area contributed by atoms with Gasteiger partial charge >= 0.3 is 5.97 Å². The fourth-order valence-electron chi connectivity index (χ4n) is 2.12. The number of benzene rings is 2. The van der Waals surface area contributed by atoms with Gasteiger partial charge in [-0.3, -0.25) is 4.79 Å². The third kappa shape index (κ3) is 4.34. The van der Waals surface area contributed by atoms with Gasteiger partial charge in [-0.2, -0.15) is 0 Å². The second kappa shape index (κ2) is 8.39. The van der Waals surface area contributed by atoms with E-state index in [0.29, 0.717) is 28.7 Å². The number of hydrogen-bond acceptors (Lipinski definition) is 8. The van der Waals surface area contributed by atoms with Crippen molar-refractivity contribution in [1.29, 1.82) is 0 Å². The van der Waals surface area contributed by atoms with Crippen molar-refractivity contribution in [2.75, 3.05) is 20.0 Å². The highest BCUT2D eigenvalue weighted by molar-refractivity contribution is 7.99. The number of nitrogens with zero attached hydrogens (tertiary/aromatic N) is 2. The lowest BCUT2D eigenvalue weighted by Gasteiger charge is -2.07. The van der Waals surface area contributed by atoms with Crippen LogP contribution in [0.2, 0.25) is 0 Å². The standard InChI is InChI=1S/C18H16N2O5S/c1-22-14-9-8-12(10-15(14)23-2)17-19-20-18(25-17)26-11-16(21)24-13-6-4-3-5-7-13/h3-10H,11H2,1-2H3. The Bertz CT molecular complexity index is 882. The Morgan fingerprint density at radius 1 is 1.04 bits per heavy atom. The molecule has 0 unspecified atom stereocenters. The van der Waals surface area contributed by atoms with Crippen LogP contribution < -0.4 is 14.2 Å². The number of carbonyl (C=O) groups is 1. The maximum absolute atomic E-state index is 11.9. The number of methoxy groups -OCH3 is 2. The molecule has 0 radical (unpaired) electrons. The summed E-state index contributed by atoms with van der Waals surface area (Å²) in [6.07, 6.45) is 0. The van der Waals surface area contributed by atoms with Crippen LogP contribution in [0.3, 0.4) is 0 Å². The molecule has 7 nitrogen and oxygen atoms in total. The molecule has 3 rings (SSSR count). The van der Waals surface area contributed by atoms with E-state index in [1.54, 1.807) is 56.7 Å². The summed E-state index contributed by atoms with van der Waals surface area (Å²) in [4.78, 5) is 11.9. The van der Waals surface area contributed by atoms with Gasteiger partial charge in [-0.15, -0.1) is 10.2 Å². The van der Waals surface area contributed by atoms with E-state index in [9.17, 15) is 4.79 Å². The Labute approximate surface area is 154 Å². The van der Waals surface area contributed by atoms with Crippen molar-refractivity contribution in [2.45, 2.75) is 5.22 Å². The smallest absolute Gasteiger partial charge is 0.321 e. The van der Waals surface area contributed by atoms with Crippen molar-refractivity contribution in [3.05, 3.63) is 48.5 Å². The molecule has 0 N–H and O–H groups in total. The lowest BCUT2D eigenvalue weighted by Crippen LogP contribution is -2.10. The highest BCUT2D eigenvalue weighted by Gasteiger charge is 2.14. The average molecular weight is 372 g/mol. The first-order valence-corrected chi connectivity index (χ1v) is 8.62. The minimum atomic E-state index is -0.396. The summed E-state index contributed by atoms with van der Waals surface area (Å²) in [7, 11) is 3.11. The van der Waals surface area contributed by atoms with Gasteiger partial charge in [-0.05, 0) is 30.3 Å². The zero-order chi connectivity index (χ0) is 18.4. The molecule has 0 atom stereocenters. The summed E-state index contributed by atoms with van der Waals surface area (Å²) in [5.41, 5.74) is 0.689. The van der Waals surface area contributed by atoms with E-state index >= 15 is 0 Å². The van der Waals surface area contributed by atoms with Gasteiger partial charge in [0.2, 0.25) is 5.89 Å². The van der Waals surface area contributed by atoms with E-state index in [1.807, 2.05) is 6.07 Å². The summed E-state index contributed by atoms with van der Waals surface area (Å²) in [5, 5.41) is 8.21. The molecular formula is C18H16N2O5S. The Kier molecular flexibility index (Phi) is 5.75. The third-order valence-corrected chi connectivity index (χ3v) is 4.12. The Morgan fingerprint density at radius 2 is 1.81 bits per heavy atom. The molecule has 0 aliphatic rings. The molecule has 134 valence electrons. The van der Waals surface area contributed by atoms with E-state index in [2.05, 4.69) is 10.2 Å². The molecule has 0 spiro atoms. The summed E-state index contributed by atoms with van der Waals surface area (Å²) < 4.78 is 21.2. The molecule has 0 aliphatic carbocycles. The number of hydrogen-bond donors (Lipinski definition) is 0. The molecule has 8 heteroatoms. The number of para-hydroxylation sites is 1. The number of rotatable bonds is 7. The van der Waals surface area contributed by atoms with E-state index in [1.165, 1.54) is 0 Å². The molecule has 0 saturated carbocycles. The van der Waals surface area contributed by atoms with Crippen molar-refractivity contribution in [2.24, 2.45) is 0 Å². The minimum absolute atomic E-state index is 0.0580. The molecule has 1 aromatic heterocycles. The van der Waals surface area contributed by atoms with Crippen molar-refractivity contribution >= 4 is 17.7 Å². The van der Waals surface area contributed by atoms with Crippen LogP contribution in [0.4, 0.5) is 0 Å². The largest absolute Gasteiger partial charge is 0.493 e. The van der Waals surface area contributed by atoms with Gasteiger partial charge in [0.15, 0.2) is 11.5 Å². The molecule has 1 heterocycles. The molecule has 0 saturated heterocycles. The number of carbonyl (C=O) groups excluding carboxylic acids is 1. The highest BCUT2D eigenvalue weighted by Crippen LogP contribution is 2.32. The van der Waals surface area contributed by atoms with Crippen LogP contribution in [0, 0.1) is 0 Å². The second-order valence-corrected chi connectivity index (χ2v) is 5.95. The topological polar surface area (TPSA) is 83.7 Å². The normalized spacial score (nSPS) is 10.4. The lowest BCUT2D eigenvalue weighted by atomic mass is 10.2. The monoisotopic (exact) mass is 372 g/mol. The summed E-state index contributed by atoms with van der Waals surface area (Å²) in [5.74, 6) is 1.65. The van der Waals surface area contributed by atoms with Crippen LogP contribution in [0.1, 0.15) is 0 Å². The minimum Gasteiger partial charge on any atom is -0.493 e. The molecule has 0 amide bonds. The molecule has 0 bridgehead atoms. The lowest BCUT2D eigenvalue weighted by molar-refractivity contribution is -0.131. The van der Waals surface area contributed by atoms with E-state index < -0.39 is 5.97 Å². The van der Waals surface area contributed by atoms with Gasteiger partial charge in [0.1, 0.15) is 11.5 Å². The predicted octanol–water partition coefficient (Wildman–Crippen LogP) is 3.45. The number of ether oxygens (including phenoxy) is 3. The highest BCUT2D eigenvalue weighted by atomic mass is 32.2. The van der Waals surface area contributed by atoms with E-state index in [4.69, 9.17) is 18.6 Å². The van der Waals surface area contributed by atoms with Crippen LogP contribution in [0.25, 0.3) is 11.5 Å². The van der Waals surface area contributed by atoms with Gasteiger partial charge in [-0.25, -0.2) is 0 Å². The van der Waals surface area contributed by atoms with Crippen molar-refractivity contribution in [3.63, 3.8) is 0 Å². The zero-order valence-electron chi connectivity index (χ0n) is 14.2. The van der Waals surface area contributed by atoms with Gasteiger partial charge in [-0.1, -0.05) is 30.0 Å². The maximum atomic E-state index is 11.9. The number of aromatic nitrogens is 2. The first-order valence-electron chi connectivity index (χ1n) is 7.64. The van der Waals surface area contributed by atoms with Crippen LogP contribution in [-0.2, 0) is 4.79 Å².